The first-order valence-corrected chi connectivity index (χ1v) is 37.5. The molecule has 4 aliphatic rings. The number of amides is 10. The third kappa shape index (κ3) is 22.6. The number of hydrogen-bond acceptors (Lipinski definition) is 22. The van der Waals surface area contributed by atoms with Crippen molar-refractivity contribution in [3.8, 4) is 22.5 Å². The third-order valence-electron chi connectivity index (χ3n) is 19.6. The van der Waals surface area contributed by atoms with E-state index in [0.717, 1.165) is 22.3 Å². The molecule has 113 heavy (non-hydrogen) atoms. The standard InChI is InChI=1S/C79H95FN12O21/c1-4-79(105)57-35-63-73-54(40-92(63)76(102)56(57)42-112-77(79)103)72-59(22-21-49-47(2)58(80)36-61(90-73)71(49)72)88-70(99)45-111-46-87-66(95)38-86-75(101)62(34-48-14-6-5-7-15-48)89-67(96)39-84-65(94)37-85-69(98)44-110-43-68(97)82-25-26-83-74(100)60(20-12-13-24-81-64(93)23-27-107-30-31-109-33-32-108-29-28-106-3)91-78(104)113-41-55-52-18-10-8-16-50(52)51-17-9-11-19-53(51)55/h5-11,14-19,35-36,55,59-60,62,105H,4,12-13,20-34,37-46H2,1-3H3,(H,81,93)(H,82,97)(H,83,100)(H,84,94)(H,85,98)(H,86,101)(H,87,95)(H,88,99)(H,89,96)(H,91,104)/t59-,60-,62-,79-/m0/s1. The molecule has 0 bridgehead atoms. The zero-order valence-corrected chi connectivity index (χ0v) is 63.2. The van der Waals surface area contributed by atoms with Crippen LogP contribution in [0.25, 0.3) is 33.4 Å². The largest absolute Gasteiger partial charge is 0.458 e. The van der Waals surface area contributed by atoms with Crippen molar-refractivity contribution >= 4 is 76.1 Å². The summed E-state index contributed by atoms with van der Waals surface area (Å²) in [5, 5.41) is 38.0. The molecule has 0 fully saturated rings. The first-order valence-electron chi connectivity index (χ1n) is 37.5. The molecule has 2 aromatic heterocycles. The zero-order chi connectivity index (χ0) is 80.4. The summed E-state index contributed by atoms with van der Waals surface area (Å²) >= 11 is 0. The average molecular weight is 1570 g/mol. The molecule has 604 valence electrons. The number of ether oxygens (including phenoxy) is 8. The molecule has 0 unspecified atom stereocenters. The van der Waals surface area contributed by atoms with Crippen LogP contribution in [0.3, 0.4) is 0 Å². The zero-order valence-electron chi connectivity index (χ0n) is 63.2. The van der Waals surface area contributed by atoms with E-state index in [-0.39, 0.29) is 93.6 Å². The number of methoxy groups -OCH3 is 1. The lowest BCUT2D eigenvalue weighted by molar-refractivity contribution is -0.172. The van der Waals surface area contributed by atoms with Crippen LogP contribution < -0.4 is 58.7 Å². The number of aliphatic hydroxyl groups is 1. The van der Waals surface area contributed by atoms with Gasteiger partial charge in [0.15, 0.2) is 5.60 Å². The van der Waals surface area contributed by atoms with Crippen LogP contribution in [0.4, 0.5) is 9.18 Å². The maximum atomic E-state index is 15.5. The van der Waals surface area contributed by atoms with Crippen molar-refractivity contribution in [3.05, 3.63) is 157 Å². The Balaban J connectivity index is 0.606. The van der Waals surface area contributed by atoms with Gasteiger partial charge < -0.3 is 101 Å². The van der Waals surface area contributed by atoms with Crippen LogP contribution in [0.5, 0.6) is 0 Å². The van der Waals surface area contributed by atoms with Gasteiger partial charge in [-0.25, -0.2) is 19.0 Å². The van der Waals surface area contributed by atoms with Crippen molar-refractivity contribution in [2.24, 2.45) is 0 Å². The van der Waals surface area contributed by atoms with Gasteiger partial charge in [0.2, 0.25) is 53.2 Å². The summed E-state index contributed by atoms with van der Waals surface area (Å²) in [7, 11) is 1.59. The number of fused-ring (bicyclic) bond motifs is 8. The second kappa shape index (κ2) is 41.4. The fourth-order valence-electron chi connectivity index (χ4n) is 13.8. The fourth-order valence-corrected chi connectivity index (χ4v) is 13.8. The molecular weight excluding hydrogens is 1470 g/mol. The molecule has 4 aromatic carbocycles. The van der Waals surface area contributed by atoms with E-state index < -0.39 is 141 Å². The molecule has 33 nitrogen and oxygen atoms in total. The van der Waals surface area contributed by atoms with Gasteiger partial charge in [0.1, 0.15) is 57.7 Å². The first-order chi connectivity index (χ1) is 54.6. The maximum Gasteiger partial charge on any atom is 0.407 e. The molecule has 11 N–H and O–H groups in total. The molecule has 34 heteroatoms. The van der Waals surface area contributed by atoms with E-state index in [0.29, 0.717) is 116 Å². The third-order valence-corrected chi connectivity index (χ3v) is 19.6. The molecule has 0 spiro atoms. The molecule has 2 aliphatic heterocycles. The van der Waals surface area contributed by atoms with Crippen LogP contribution in [0.15, 0.2) is 95.8 Å². The Bertz CT molecular complexity index is 4480. The van der Waals surface area contributed by atoms with E-state index in [1.54, 1.807) is 57.4 Å². The van der Waals surface area contributed by atoms with Gasteiger partial charge in [-0.05, 0) is 96.0 Å². The number of pyridine rings is 2. The maximum absolute atomic E-state index is 15.5. The minimum Gasteiger partial charge on any atom is -0.458 e. The Kier molecular flexibility index (Phi) is 30.9. The predicted octanol–water partition coefficient (Wildman–Crippen LogP) is 1.33. The topological polar surface area (TPSA) is 437 Å². The number of halogens is 1. The van der Waals surface area contributed by atoms with E-state index in [1.807, 2.05) is 48.5 Å². The lowest BCUT2D eigenvalue weighted by Gasteiger charge is -2.31. The van der Waals surface area contributed by atoms with Crippen LogP contribution in [-0.2, 0) is 117 Å². The van der Waals surface area contributed by atoms with Gasteiger partial charge >= 0.3 is 12.1 Å². The monoisotopic (exact) mass is 1570 g/mol. The molecule has 4 atom stereocenters. The Labute approximate surface area is 649 Å². The van der Waals surface area contributed by atoms with Gasteiger partial charge in [0.05, 0.1) is 101 Å². The van der Waals surface area contributed by atoms with Gasteiger partial charge in [0, 0.05) is 68.1 Å². The van der Waals surface area contributed by atoms with Crippen LogP contribution in [-0.4, -0.2) is 218 Å². The normalized spacial score (nSPS) is 15.3. The molecule has 0 saturated heterocycles. The highest BCUT2D eigenvalue weighted by Crippen LogP contribution is 2.47. The molecule has 0 saturated carbocycles. The van der Waals surface area contributed by atoms with Crippen molar-refractivity contribution in [2.75, 3.05) is 126 Å². The highest BCUT2D eigenvalue weighted by molar-refractivity contribution is 5.96. The average Bonchev–Trinajstić information content (AvgIpc) is 1.59. The van der Waals surface area contributed by atoms with E-state index in [1.165, 1.54) is 10.6 Å². The van der Waals surface area contributed by atoms with Crippen molar-refractivity contribution in [1.29, 1.82) is 0 Å². The number of cyclic esters (lactones) is 1. The minimum atomic E-state index is -2.08. The minimum absolute atomic E-state index is 0.0129. The Hall–Kier alpha value is -11.1. The Morgan fingerprint density at radius 1 is 0.637 bits per heavy atom. The van der Waals surface area contributed by atoms with Gasteiger partial charge in [-0.15, -0.1) is 0 Å². The van der Waals surface area contributed by atoms with Crippen molar-refractivity contribution in [3.63, 3.8) is 0 Å². The number of carbonyl (C=O) groups is 11. The molecule has 6 aromatic rings. The SMILES string of the molecule is CC[C@@]1(O)C(=O)OCc2c1cc1n(c2=O)Cc2c-1nc1cc(F)c(C)c3c1c2[C@@H](NC(=O)COCNC(=O)CNC(=O)[C@H](Cc1ccccc1)NC(=O)CNC(=O)CNC(=O)COCC(=O)NCCNC(=O)[C@H](CCCCNC(=O)CCOCCOCCOCCOC)NC(=O)OCC1c2ccccc2-c2ccccc21)CC3. The van der Waals surface area contributed by atoms with Crippen molar-refractivity contribution in [2.45, 2.75) is 108 Å². The van der Waals surface area contributed by atoms with Crippen molar-refractivity contribution < 1.29 is 100 Å². The highest BCUT2D eigenvalue weighted by atomic mass is 19.1. The smallest absolute Gasteiger partial charge is 0.407 e. The van der Waals surface area contributed by atoms with Crippen LogP contribution in [0.2, 0.25) is 0 Å². The molecule has 2 aliphatic carbocycles. The molecular formula is C79H95FN12O21. The summed E-state index contributed by atoms with van der Waals surface area (Å²) in [5.74, 6) is -7.42. The Morgan fingerprint density at radius 2 is 1.26 bits per heavy atom. The lowest BCUT2D eigenvalue weighted by Crippen LogP contribution is -2.52. The van der Waals surface area contributed by atoms with Gasteiger partial charge in [-0.1, -0.05) is 85.8 Å². The number of hydrogen-bond donors (Lipinski definition) is 11. The summed E-state index contributed by atoms with van der Waals surface area (Å²) in [6.45, 7) is 1.84. The van der Waals surface area contributed by atoms with E-state index in [4.69, 9.17) is 42.9 Å². The second-order valence-corrected chi connectivity index (χ2v) is 27.2. The first kappa shape index (κ1) is 84.3. The number of aromatic nitrogens is 2. The van der Waals surface area contributed by atoms with Crippen LogP contribution in [0.1, 0.15) is 107 Å². The van der Waals surface area contributed by atoms with Gasteiger partial charge in [-0.2, -0.15) is 0 Å². The van der Waals surface area contributed by atoms with Crippen LogP contribution >= 0.6 is 0 Å². The van der Waals surface area contributed by atoms with E-state index in [9.17, 15) is 62.6 Å². The number of unbranched alkanes of at least 4 members (excludes halogenated alkanes) is 1. The summed E-state index contributed by atoms with van der Waals surface area (Å²) in [6, 6.07) is 24.3. The number of carbonyl (C=O) groups excluding carboxylic acids is 11. The summed E-state index contributed by atoms with van der Waals surface area (Å²) in [5.41, 5.74) is 5.71. The predicted molar refractivity (Wildman–Crippen MR) is 403 cm³/mol. The summed E-state index contributed by atoms with van der Waals surface area (Å²) < 4.78 is 59.8. The Morgan fingerprint density at radius 3 is 1.97 bits per heavy atom. The molecule has 10 amide bonds. The number of alkyl carbamates (subject to hydrolysis) is 1. The second-order valence-electron chi connectivity index (χ2n) is 27.2. The lowest BCUT2D eigenvalue weighted by atomic mass is 9.81. The van der Waals surface area contributed by atoms with Crippen molar-refractivity contribution in [1.82, 2.24) is 62.7 Å². The van der Waals surface area contributed by atoms with Gasteiger partial charge in [-0.3, -0.25) is 47.9 Å². The highest BCUT2D eigenvalue weighted by Gasteiger charge is 2.46. The number of esters is 1. The summed E-state index contributed by atoms with van der Waals surface area (Å²) in [6.07, 6.45) is 1.04. The number of nitrogens with one attached hydrogen (secondary N) is 10. The van der Waals surface area contributed by atoms with E-state index >= 15 is 4.39 Å². The van der Waals surface area contributed by atoms with E-state index in [2.05, 4.69) is 53.2 Å². The molecule has 4 heterocycles. The number of nitrogens with zero attached hydrogens (tertiary/aromatic N) is 2. The fraction of sp³-hybridized carbons (Fsp3) is 0.456. The molecule has 10 rings (SSSR count). The van der Waals surface area contributed by atoms with Crippen LogP contribution in [0, 0.1) is 12.7 Å². The number of rotatable bonds is 44. The van der Waals surface area contributed by atoms with Gasteiger partial charge in [0.25, 0.3) is 5.56 Å². The quantitative estimate of drug-likeness (QED) is 0.0146. The number of aryl methyl sites for hydroxylation is 1. The summed E-state index contributed by atoms with van der Waals surface area (Å²) in [4.78, 5) is 162. The number of benzene rings is 4. The molecule has 0 radical (unpaired) electrons.